The molecule has 1 aromatic carbocycles. The first kappa shape index (κ1) is 24.4. The van der Waals surface area contributed by atoms with E-state index >= 15 is 0 Å². The minimum atomic E-state index is -4.30. The van der Waals surface area contributed by atoms with Crippen LogP contribution in [0.4, 0.5) is 19.0 Å². The first-order valence-corrected chi connectivity index (χ1v) is 9.80. The fourth-order valence-electron chi connectivity index (χ4n) is 2.80. The Kier molecular flexibility index (Phi) is 7.49. The highest BCUT2D eigenvalue weighted by atomic mass is 19.4. The second-order valence-electron chi connectivity index (χ2n) is 8.39. The molecule has 0 saturated heterocycles. The number of aliphatic hydroxyl groups is 1. The molecule has 31 heavy (non-hydrogen) atoms. The lowest BCUT2D eigenvalue weighted by Gasteiger charge is -2.19. The molecule has 0 saturated carbocycles. The van der Waals surface area contributed by atoms with Crippen molar-refractivity contribution in [2.45, 2.75) is 46.5 Å². The molecule has 3 aromatic rings. The van der Waals surface area contributed by atoms with Crippen molar-refractivity contribution in [2.24, 2.45) is 5.41 Å². The van der Waals surface area contributed by atoms with Crippen LogP contribution in [0.3, 0.4) is 0 Å². The van der Waals surface area contributed by atoms with E-state index in [0.29, 0.717) is 12.8 Å². The average molecular weight is 435 g/mol. The van der Waals surface area contributed by atoms with Gasteiger partial charge in [-0.15, -0.1) is 0 Å². The predicted molar refractivity (Wildman–Crippen MR) is 116 cm³/mol. The molecule has 0 spiro atoms. The Bertz CT molecular complexity index is 1020. The largest absolute Gasteiger partial charge is 0.416 e. The quantitative estimate of drug-likeness (QED) is 0.563. The fraction of sp³-hybridized carbons (Fsp3) is 0.391. The van der Waals surface area contributed by atoms with E-state index in [2.05, 4.69) is 10.3 Å². The van der Waals surface area contributed by atoms with E-state index in [-0.39, 0.29) is 5.41 Å². The van der Waals surface area contributed by atoms with Gasteiger partial charge in [0.25, 0.3) is 0 Å². The van der Waals surface area contributed by atoms with Crippen LogP contribution in [-0.2, 0) is 17.5 Å². The standard InChI is InChI=1S/C17H16F3N3.C6H12O2/c1-11-9-15-14(22-16(11)21-2)7-8-23(15)10-12-3-5-13(6-4-12)17(18,19)20;1-6(2,3)5(8)4-7/h3-9H,10H2,1-2H3,(H,21,22);4-5,8H,1-3H3. The van der Waals surface area contributed by atoms with Crippen molar-refractivity contribution in [1.29, 1.82) is 0 Å². The third-order valence-electron chi connectivity index (χ3n) is 4.83. The van der Waals surface area contributed by atoms with Crippen LogP contribution in [0.5, 0.6) is 0 Å². The number of carbonyl (C=O) groups excluding carboxylic acids is 1. The van der Waals surface area contributed by atoms with Gasteiger partial charge >= 0.3 is 6.18 Å². The minimum Gasteiger partial charge on any atom is -0.385 e. The summed E-state index contributed by atoms with van der Waals surface area (Å²) in [4.78, 5) is 14.4. The summed E-state index contributed by atoms with van der Waals surface area (Å²) in [6, 6.07) is 9.18. The summed E-state index contributed by atoms with van der Waals surface area (Å²) in [5, 5.41) is 11.9. The fourth-order valence-corrected chi connectivity index (χ4v) is 2.80. The number of aryl methyl sites for hydroxylation is 1. The average Bonchev–Trinajstić information content (AvgIpc) is 3.07. The van der Waals surface area contributed by atoms with E-state index in [0.717, 1.165) is 40.1 Å². The number of hydrogen-bond donors (Lipinski definition) is 2. The molecule has 3 rings (SSSR count). The molecule has 2 heterocycles. The number of rotatable bonds is 4. The number of fused-ring (bicyclic) bond motifs is 1. The lowest BCUT2D eigenvalue weighted by Crippen LogP contribution is -2.26. The predicted octanol–water partition coefficient (Wildman–Crippen LogP) is 5.05. The number of aldehydes is 1. The molecule has 0 amide bonds. The summed E-state index contributed by atoms with van der Waals surface area (Å²) in [7, 11) is 1.82. The lowest BCUT2D eigenvalue weighted by atomic mass is 9.90. The van der Waals surface area contributed by atoms with Crippen LogP contribution < -0.4 is 5.32 Å². The number of hydrogen-bond acceptors (Lipinski definition) is 4. The Hall–Kier alpha value is -2.87. The van der Waals surface area contributed by atoms with Crippen molar-refractivity contribution >= 4 is 23.1 Å². The van der Waals surface area contributed by atoms with Crippen molar-refractivity contribution < 1.29 is 23.1 Å². The minimum absolute atomic E-state index is 0.304. The molecular formula is C23H28F3N3O2. The van der Waals surface area contributed by atoms with E-state index in [1.54, 1.807) is 0 Å². The van der Waals surface area contributed by atoms with Crippen molar-refractivity contribution in [2.75, 3.05) is 12.4 Å². The van der Waals surface area contributed by atoms with Crippen molar-refractivity contribution in [3.05, 3.63) is 59.3 Å². The molecule has 1 unspecified atom stereocenters. The van der Waals surface area contributed by atoms with E-state index in [1.165, 1.54) is 12.1 Å². The Morgan fingerprint density at radius 2 is 1.77 bits per heavy atom. The number of nitrogens with one attached hydrogen (secondary N) is 1. The Morgan fingerprint density at radius 3 is 2.23 bits per heavy atom. The molecule has 2 N–H and O–H groups in total. The molecule has 2 aromatic heterocycles. The molecule has 0 aliphatic carbocycles. The molecule has 5 nitrogen and oxygen atoms in total. The van der Waals surface area contributed by atoms with Gasteiger partial charge in [0.2, 0.25) is 0 Å². The molecule has 168 valence electrons. The Labute approximate surface area is 179 Å². The van der Waals surface area contributed by atoms with Gasteiger partial charge in [0.1, 0.15) is 18.2 Å². The van der Waals surface area contributed by atoms with E-state index in [1.807, 2.05) is 57.6 Å². The van der Waals surface area contributed by atoms with Crippen LogP contribution in [-0.4, -0.2) is 34.1 Å². The van der Waals surface area contributed by atoms with Crippen LogP contribution in [0.15, 0.2) is 42.6 Å². The maximum absolute atomic E-state index is 12.6. The van der Waals surface area contributed by atoms with Gasteiger partial charge < -0.3 is 19.8 Å². The first-order chi connectivity index (χ1) is 14.4. The zero-order valence-corrected chi connectivity index (χ0v) is 18.3. The summed E-state index contributed by atoms with van der Waals surface area (Å²) in [5.41, 5.74) is 2.71. The number of carbonyl (C=O) groups is 1. The van der Waals surface area contributed by atoms with Crippen molar-refractivity contribution in [1.82, 2.24) is 9.55 Å². The number of nitrogens with zero attached hydrogens (tertiary/aromatic N) is 2. The van der Waals surface area contributed by atoms with E-state index < -0.39 is 17.8 Å². The van der Waals surface area contributed by atoms with Crippen molar-refractivity contribution in [3.8, 4) is 0 Å². The van der Waals surface area contributed by atoms with Crippen LogP contribution in [0, 0.1) is 12.3 Å². The smallest absolute Gasteiger partial charge is 0.385 e. The van der Waals surface area contributed by atoms with Crippen molar-refractivity contribution in [3.63, 3.8) is 0 Å². The maximum Gasteiger partial charge on any atom is 0.416 e. The SMILES string of the molecule is CC(C)(C)C(O)C=O.CNc1nc2ccn(Cc3ccc(C(F)(F)F)cc3)c2cc1C. The highest BCUT2D eigenvalue weighted by molar-refractivity contribution is 5.79. The van der Waals surface area contributed by atoms with Gasteiger partial charge in [0, 0.05) is 19.8 Å². The van der Waals surface area contributed by atoms with Gasteiger partial charge in [-0.2, -0.15) is 13.2 Å². The Balaban J connectivity index is 0.000000366. The van der Waals surface area contributed by atoms with E-state index in [9.17, 15) is 18.0 Å². The second-order valence-corrected chi connectivity index (χ2v) is 8.39. The second kappa shape index (κ2) is 9.51. The maximum atomic E-state index is 12.6. The summed E-state index contributed by atoms with van der Waals surface area (Å²) < 4.78 is 39.8. The van der Waals surface area contributed by atoms with Gasteiger partial charge in [0.15, 0.2) is 0 Å². The third-order valence-corrected chi connectivity index (χ3v) is 4.83. The summed E-state index contributed by atoms with van der Waals surface area (Å²) in [5.74, 6) is 0.824. The first-order valence-electron chi connectivity index (χ1n) is 9.80. The van der Waals surface area contributed by atoms with Gasteiger partial charge in [-0.1, -0.05) is 32.9 Å². The molecular weight excluding hydrogens is 407 g/mol. The Morgan fingerprint density at radius 1 is 1.16 bits per heavy atom. The van der Waals surface area contributed by atoms with Gasteiger partial charge in [-0.3, -0.25) is 0 Å². The number of aliphatic hydroxyl groups excluding tert-OH is 1. The molecule has 0 fully saturated rings. The zero-order chi connectivity index (χ0) is 23.4. The number of halogens is 3. The third kappa shape index (κ3) is 6.30. The van der Waals surface area contributed by atoms with Crippen LogP contribution in [0.1, 0.15) is 37.5 Å². The highest BCUT2D eigenvalue weighted by Crippen LogP contribution is 2.29. The zero-order valence-electron chi connectivity index (χ0n) is 18.3. The summed E-state index contributed by atoms with van der Waals surface area (Å²) >= 11 is 0. The van der Waals surface area contributed by atoms with Gasteiger partial charge in [-0.05, 0) is 47.7 Å². The molecule has 8 heteroatoms. The van der Waals surface area contributed by atoms with Crippen LogP contribution >= 0.6 is 0 Å². The highest BCUT2D eigenvalue weighted by Gasteiger charge is 2.29. The molecule has 0 radical (unpaired) electrons. The lowest BCUT2D eigenvalue weighted by molar-refractivity contribution is -0.137. The summed E-state index contributed by atoms with van der Waals surface area (Å²) in [6.07, 6.45) is -2.68. The number of benzene rings is 1. The number of alkyl halides is 3. The molecule has 1 atom stereocenters. The number of anilines is 1. The normalized spacial score (nSPS) is 12.8. The number of aromatic nitrogens is 2. The molecule has 0 aliphatic heterocycles. The van der Waals surface area contributed by atoms with Crippen LogP contribution in [0.25, 0.3) is 11.0 Å². The monoisotopic (exact) mass is 435 g/mol. The van der Waals surface area contributed by atoms with E-state index in [4.69, 9.17) is 5.11 Å². The molecule has 0 aliphatic rings. The topological polar surface area (TPSA) is 67.2 Å². The van der Waals surface area contributed by atoms with Crippen LogP contribution in [0.2, 0.25) is 0 Å². The molecule has 0 bridgehead atoms. The van der Waals surface area contributed by atoms with Gasteiger partial charge in [-0.25, -0.2) is 4.98 Å². The van der Waals surface area contributed by atoms with Gasteiger partial charge in [0.05, 0.1) is 16.6 Å². The summed E-state index contributed by atoms with van der Waals surface area (Å²) in [6.45, 7) is 7.90. The number of pyridine rings is 1.